The molecule has 0 aromatic carbocycles. The molecule has 0 radical (unpaired) electrons. The van der Waals surface area contributed by atoms with Crippen LogP contribution in [0.3, 0.4) is 0 Å². The molecule has 72 valence electrons. The molecule has 1 aromatic heterocycles. The molecule has 0 spiro atoms. The monoisotopic (exact) mass is 180 g/mol. The van der Waals surface area contributed by atoms with Crippen LogP contribution < -0.4 is 0 Å². The molecule has 0 aliphatic rings. The Hall–Kier alpha value is -0.960. The molecule has 1 N–H and O–H groups in total. The maximum absolute atomic E-state index is 9.30. The highest BCUT2D eigenvalue weighted by atomic mass is 16.3. The van der Waals surface area contributed by atoms with Crippen molar-refractivity contribution in [3.05, 3.63) is 24.3 Å². The average molecular weight is 180 g/mol. The minimum absolute atomic E-state index is 0.109. The van der Waals surface area contributed by atoms with E-state index in [0.717, 1.165) is 5.69 Å². The van der Waals surface area contributed by atoms with Gasteiger partial charge in [-0.05, 0) is 13.3 Å². The highest BCUT2D eigenvalue weighted by Gasteiger charge is 2.23. The lowest BCUT2D eigenvalue weighted by Crippen LogP contribution is -2.24. The second-order valence-corrected chi connectivity index (χ2v) is 4.03. The first-order valence-electron chi connectivity index (χ1n) is 4.47. The summed E-state index contributed by atoms with van der Waals surface area (Å²) < 4.78 is 0. The first-order valence-corrected chi connectivity index (χ1v) is 4.47. The molecule has 3 nitrogen and oxygen atoms in total. The van der Waals surface area contributed by atoms with Crippen LogP contribution in [-0.4, -0.2) is 21.2 Å². The van der Waals surface area contributed by atoms with Crippen LogP contribution in [0.1, 0.15) is 32.9 Å². The van der Waals surface area contributed by atoms with E-state index in [4.69, 9.17) is 0 Å². The minimum atomic E-state index is -0.308. The maximum Gasteiger partial charge on any atom is 0.0643 e. The van der Waals surface area contributed by atoms with E-state index < -0.39 is 0 Å². The van der Waals surface area contributed by atoms with Crippen LogP contribution in [0.2, 0.25) is 0 Å². The number of aliphatic hydroxyl groups is 1. The van der Waals surface area contributed by atoms with Gasteiger partial charge in [0.25, 0.3) is 0 Å². The summed E-state index contributed by atoms with van der Waals surface area (Å²) in [6, 6.07) is 0. The topological polar surface area (TPSA) is 46.0 Å². The van der Waals surface area contributed by atoms with Crippen LogP contribution in [0.25, 0.3) is 0 Å². The molecular weight excluding hydrogens is 164 g/mol. The van der Waals surface area contributed by atoms with Crippen molar-refractivity contribution in [1.82, 2.24) is 9.97 Å². The third kappa shape index (κ3) is 2.77. The van der Waals surface area contributed by atoms with Crippen molar-refractivity contribution in [3.63, 3.8) is 0 Å². The van der Waals surface area contributed by atoms with Crippen LogP contribution in [-0.2, 0) is 5.41 Å². The fraction of sp³-hybridized carbons (Fsp3) is 0.600. The molecule has 0 aliphatic carbocycles. The van der Waals surface area contributed by atoms with Gasteiger partial charge < -0.3 is 5.11 Å². The molecule has 0 fully saturated rings. The van der Waals surface area contributed by atoms with Gasteiger partial charge in [0.1, 0.15) is 0 Å². The Labute approximate surface area is 78.9 Å². The van der Waals surface area contributed by atoms with E-state index in [1.165, 1.54) is 0 Å². The number of nitrogens with zero attached hydrogens (tertiary/aromatic N) is 2. The van der Waals surface area contributed by atoms with Crippen molar-refractivity contribution < 1.29 is 5.11 Å². The number of rotatable bonds is 3. The highest BCUT2D eigenvalue weighted by molar-refractivity contribution is 5.09. The van der Waals surface area contributed by atoms with E-state index in [1.807, 2.05) is 0 Å². The van der Waals surface area contributed by atoms with E-state index in [0.29, 0.717) is 6.42 Å². The van der Waals surface area contributed by atoms with Crippen molar-refractivity contribution in [2.24, 2.45) is 0 Å². The largest absolute Gasteiger partial charge is 0.393 e. The Kier molecular flexibility index (Phi) is 2.98. The molecule has 0 aliphatic heterocycles. The summed E-state index contributed by atoms with van der Waals surface area (Å²) in [4.78, 5) is 8.24. The van der Waals surface area contributed by atoms with E-state index >= 15 is 0 Å². The van der Waals surface area contributed by atoms with Crippen LogP contribution in [0, 0.1) is 0 Å². The smallest absolute Gasteiger partial charge is 0.0643 e. The third-order valence-electron chi connectivity index (χ3n) is 2.06. The summed E-state index contributed by atoms with van der Waals surface area (Å²) in [5.74, 6) is 0. The standard InChI is InChI=1S/C10H16N2O/c1-8(13)6-10(2,3)9-7-11-4-5-12-9/h4-5,7-8,13H,6H2,1-3H3. The molecule has 1 heterocycles. The zero-order chi connectivity index (χ0) is 9.90. The van der Waals surface area contributed by atoms with Gasteiger partial charge in [-0.3, -0.25) is 9.97 Å². The van der Waals surface area contributed by atoms with Crippen molar-refractivity contribution >= 4 is 0 Å². The Bertz CT molecular complexity index is 257. The molecule has 1 atom stereocenters. The summed E-state index contributed by atoms with van der Waals surface area (Å²) in [6.45, 7) is 5.91. The molecular formula is C10H16N2O. The Balaban J connectivity index is 2.81. The zero-order valence-corrected chi connectivity index (χ0v) is 8.36. The molecule has 0 amide bonds. The Morgan fingerprint density at radius 1 is 1.46 bits per heavy atom. The summed E-state index contributed by atoms with van der Waals surface area (Å²) in [5.41, 5.74) is 0.818. The first-order chi connectivity index (χ1) is 6.02. The first kappa shape index (κ1) is 10.1. The minimum Gasteiger partial charge on any atom is -0.393 e. The van der Waals surface area contributed by atoms with E-state index in [2.05, 4.69) is 23.8 Å². The lowest BCUT2D eigenvalue weighted by atomic mass is 9.84. The van der Waals surface area contributed by atoms with Gasteiger partial charge in [-0.2, -0.15) is 0 Å². The summed E-state index contributed by atoms with van der Waals surface area (Å²) >= 11 is 0. The van der Waals surface area contributed by atoms with Gasteiger partial charge in [-0.25, -0.2) is 0 Å². The van der Waals surface area contributed by atoms with Crippen molar-refractivity contribution in [2.45, 2.75) is 38.7 Å². The average Bonchev–Trinajstić information content (AvgIpc) is 2.04. The van der Waals surface area contributed by atoms with Gasteiger partial charge in [0.2, 0.25) is 0 Å². The second-order valence-electron chi connectivity index (χ2n) is 4.03. The summed E-state index contributed by atoms with van der Waals surface area (Å²) in [7, 11) is 0. The van der Waals surface area contributed by atoms with Gasteiger partial charge in [-0.15, -0.1) is 0 Å². The Morgan fingerprint density at radius 3 is 2.62 bits per heavy atom. The molecule has 0 saturated carbocycles. The fourth-order valence-electron chi connectivity index (χ4n) is 1.49. The molecule has 0 saturated heterocycles. The predicted octanol–water partition coefficient (Wildman–Crippen LogP) is 1.53. The van der Waals surface area contributed by atoms with Crippen molar-refractivity contribution in [3.8, 4) is 0 Å². The second kappa shape index (κ2) is 3.83. The third-order valence-corrected chi connectivity index (χ3v) is 2.06. The lowest BCUT2D eigenvalue weighted by molar-refractivity contribution is 0.155. The molecule has 1 rings (SSSR count). The SMILES string of the molecule is CC(O)CC(C)(C)c1cnccn1. The fourth-order valence-corrected chi connectivity index (χ4v) is 1.49. The van der Waals surface area contributed by atoms with Crippen LogP contribution in [0.15, 0.2) is 18.6 Å². The summed E-state index contributed by atoms with van der Waals surface area (Å²) in [5, 5.41) is 9.30. The van der Waals surface area contributed by atoms with Crippen molar-refractivity contribution in [1.29, 1.82) is 0 Å². The number of aliphatic hydroxyl groups excluding tert-OH is 1. The lowest BCUT2D eigenvalue weighted by Gasteiger charge is -2.24. The quantitative estimate of drug-likeness (QED) is 0.767. The highest BCUT2D eigenvalue weighted by Crippen LogP contribution is 2.25. The predicted molar refractivity (Wildman–Crippen MR) is 51.4 cm³/mol. The molecule has 1 aromatic rings. The maximum atomic E-state index is 9.30. The van der Waals surface area contributed by atoms with Gasteiger partial charge in [0.05, 0.1) is 11.8 Å². The van der Waals surface area contributed by atoms with Gasteiger partial charge in [0, 0.05) is 24.0 Å². The van der Waals surface area contributed by atoms with Crippen LogP contribution >= 0.6 is 0 Å². The van der Waals surface area contributed by atoms with Crippen LogP contribution in [0.5, 0.6) is 0 Å². The van der Waals surface area contributed by atoms with Gasteiger partial charge >= 0.3 is 0 Å². The van der Waals surface area contributed by atoms with Crippen molar-refractivity contribution in [2.75, 3.05) is 0 Å². The zero-order valence-electron chi connectivity index (χ0n) is 8.36. The van der Waals surface area contributed by atoms with E-state index in [9.17, 15) is 5.11 Å². The molecule has 1 unspecified atom stereocenters. The molecule has 0 bridgehead atoms. The van der Waals surface area contributed by atoms with Crippen LogP contribution in [0.4, 0.5) is 0 Å². The molecule has 13 heavy (non-hydrogen) atoms. The van der Waals surface area contributed by atoms with Gasteiger partial charge in [0.15, 0.2) is 0 Å². The van der Waals surface area contributed by atoms with E-state index in [-0.39, 0.29) is 11.5 Å². The summed E-state index contributed by atoms with van der Waals surface area (Å²) in [6.07, 6.45) is 5.48. The number of hydrogen-bond donors (Lipinski definition) is 1. The van der Waals surface area contributed by atoms with E-state index in [1.54, 1.807) is 25.5 Å². The Morgan fingerprint density at radius 2 is 2.15 bits per heavy atom. The number of hydrogen-bond acceptors (Lipinski definition) is 3. The normalized spacial score (nSPS) is 14.2. The molecule has 3 heteroatoms. The van der Waals surface area contributed by atoms with Gasteiger partial charge in [-0.1, -0.05) is 13.8 Å². The number of aromatic nitrogens is 2.